The van der Waals surface area contributed by atoms with Crippen LogP contribution in [0.2, 0.25) is 0 Å². The number of carbonyl (C=O) groups is 1. The highest BCUT2D eigenvalue weighted by Gasteiger charge is 2.39. The molecule has 1 heterocycles. The van der Waals surface area contributed by atoms with Crippen LogP contribution in [0.1, 0.15) is 32.6 Å². The number of aromatic nitrogens is 2. The third-order valence-electron chi connectivity index (χ3n) is 4.73. The predicted molar refractivity (Wildman–Crippen MR) is 87.0 cm³/mol. The Bertz CT molecular complexity index is 692. The maximum absolute atomic E-state index is 12.4. The van der Waals surface area contributed by atoms with Crippen LogP contribution in [0.3, 0.4) is 0 Å². The molecular weight excluding hydrogens is 332 g/mol. The van der Waals surface area contributed by atoms with E-state index in [0.717, 1.165) is 6.54 Å². The fourth-order valence-electron chi connectivity index (χ4n) is 3.20. The molecule has 1 aromatic heterocycles. The van der Waals surface area contributed by atoms with Crippen LogP contribution in [0.4, 0.5) is 0 Å². The number of aliphatic carboxylic acids is 1. The second-order valence-corrected chi connectivity index (χ2v) is 8.36. The molecule has 134 valence electrons. The molecule has 0 bridgehead atoms. The van der Waals surface area contributed by atoms with Gasteiger partial charge in [0.15, 0.2) is 5.03 Å². The van der Waals surface area contributed by atoms with Crippen LogP contribution in [-0.4, -0.2) is 59.3 Å². The molecule has 2 fully saturated rings. The Kier molecular flexibility index (Phi) is 4.93. The highest BCUT2D eigenvalue weighted by Crippen LogP contribution is 2.34. The Morgan fingerprint density at radius 2 is 2.17 bits per heavy atom. The zero-order valence-corrected chi connectivity index (χ0v) is 14.6. The van der Waals surface area contributed by atoms with Crippen LogP contribution >= 0.6 is 0 Å². The minimum atomic E-state index is -3.59. The predicted octanol–water partition coefficient (Wildman–Crippen LogP) is 0.509. The van der Waals surface area contributed by atoms with E-state index in [1.54, 1.807) is 0 Å². The molecule has 2 N–H and O–H groups in total. The maximum Gasteiger partial charge on any atom is 0.317 e. The smallest absolute Gasteiger partial charge is 0.317 e. The number of sulfonamides is 1. The third-order valence-corrected chi connectivity index (χ3v) is 6.27. The number of aryl methyl sites for hydroxylation is 1. The topological polar surface area (TPSA) is 105 Å². The molecule has 3 rings (SSSR count). The van der Waals surface area contributed by atoms with Gasteiger partial charge in [-0.05, 0) is 44.6 Å². The van der Waals surface area contributed by atoms with Crippen LogP contribution < -0.4 is 4.72 Å². The monoisotopic (exact) mass is 356 g/mol. The Morgan fingerprint density at radius 1 is 1.46 bits per heavy atom. The molecule has 0 radical (unpaired) electrons. The average Bonchev–Trinajstić information content (AvgIpc) is 3.13. The van der Waals surface area contributed by atoms with E-state index in [4.69, 9.17) is 5.11 Å². The van der Waals surface area contributed by atoms with Crippen molar-refractivity contribution in [2.45, 2.75) is 56.3 Å². The van der Waals surface area contributed by atoms with Gasteiger partial charge in [0.1, 0.15) is 0 Å². The van der Waals surface area contributed by atoms with Crippen molar-refractivity contribution in [2.24, 2.45) is 5.92 Å². The molecule has 0 unspecified atom stereocenters. The lowest BCUT2D eigenvalue weighted by molar-refractivity contribution is -0.139. The Hall–Kier alpha value is -1.45. The Morgan fingerprint density at radius 3 is 2.75 bits per heavy atom. The number of carboxylic acids is 1. The highest BCUT2D eigenvalue weighted by molar-refractivity contribution is 7.89. The summed E-state index contributed by atoms with van der Waals surface area (Å²) in [6.07, 6.45) is 5.12. The molecular formula is C15H24N4O4S. The molecule has 0 aromatic carbocycles. The van der Waals surface area contributed by atoms with Crippen molar-refractivity contribution >= 4 is 16.0 Å². The van der Waals surface area contributed by atoms with E-state index in [0.29, 0.717) is 25.3 Å². The van der Waals surface area contributed by atoms with Crippen LogP contribution in [0.15, 0.2) is 17.3 Å². The lowest BCUT2D eigenvalue weighted by Crippen LogP contribution is -2.55. The molecule has 2 saturated carbocycles. The van der Waals surface area contributed by atoms with Gasteiger partial charge < -0.3 is 5.11 Å². The van der Waals surface area contributed by atoms with Crippen LogP contribution in [-0.2, 0) is 21.4 Å². The fourth-order valence-corrected chi connectivity index (χ4v) is 4.64. The van der Waals surface area contributed by atoms with Crippen LogP contribution in [0.25, 0.3) is 0 Å². The van der Waals surface area contributed by atoms with E-state index in [-0.39, 0.29) is 23.7 Å². The van der Waals surface area contributed by atoms with Gasteiger partial charge in [0.25, 0.3) is 10.0 Å². The van der Waals surface area contributed by atoms with E-state index < -0.39 is 16.0 Å². The molecule has 1 aromatic rings. The SMILES string of the molecule is CCn1nccc1S(=O)(=O)NC1CC(N(CC(=O)O)CC2CC2)C1. The van der Waals surface area contributed by atoms with E-state index in [1.165, 1.54) is 29.8 Å². The molecule has 0 atom stereocenters. The number of nitrogens with zero attached hydrogens (tertiary/aromatic N) is 3. The second kappa shape index (κ2) is 6.81. The van der Waals surface area contributed by atoms with Crippen molar-refractivity contribution in [3.8, 4) is 0 Å². The van der Waals surface area contributed by atoms with Gasteiger partial charge in [-0.25, -0.2) is 13.1 Å². The molecule has 0 spiro atoms. The summed E-state index contributed by atoms with van der Waals surface area (Å²) in [6.45, 7) is 3.17. The third kappa shape index (κ3) is 3.96. The van der Waals surface area contributed by atoms with Gasteiger partial charge in [0.2, 0.25) is 0 Å². The van der Waals surface area contributed by atoms with Crippen molar-refractivity contribution in [1.82, 2.24) is 19.4 Å². The zero-order valence-electron chi connectivity index (χ0n) is 13.8. The van der Waals surface area contributed by atoms with Crippen molar-refractivity contribution < 1.29 is 18.3 Å². The van der Waals surface area contributed by atoms with Gasteiger partial charge in [-0.2, -0.15) is 5.10 Å². The summed E-state index contributed by atoms with van der Waals surface area (Å²) in [5, 5.41) is 13.2. The summed E-state index contributed by atoms with van der Waals surface area (Å²) < 4.78 is 29.0. The first-order chi connectivity index (χ1) is 11.4. The van der Waals surface area contributed by atoms with Gasteiger partial charge in [0, 0.05) is 25.2 Å². The summed E-state index contributed by atoms with van der Waals surface area (Å²) in [5.41, 5.74) is 0. The molecule has 9 heteroatoms. The lowest BCUT2D eigenvalue weighted by atomic mass is 9.86. The summed E-state index contributed by atoms with van der Waals surface area (Å²) in [6, 6.07) is 1.49. The molecule has 24 heavy (non-hydrogen) atoms. The zero-order chi connectivity index (χ0) is 17.3. The van der Waals surface area contributed by atoms with Gasteiger partial charge >= 0.3 is 5.97 Å². The maximum atomic E-state index is 12.4. The van der Waals surface area contributed by atoms with E-state index in [2.05, 4.69) is 9.82 Å². The minimum Gasteiger partial charge on any atom is -0.480 e. The van der Waals surface area contributed by atoms with E-state index in [1.807, 2.05) is 11.8 Å². The number of rotatable bonds is 9. The molecule has 0 aliphatic heterocycles. The normalized spacial score (nSPS) is 24.1. The standard InChI is InChI=1S/C15H24N4O4S/c1-2-19-14(5-6-16-19)24(22,23)17-12-7-13(8-12)18(10-15(20)21)9-11-3-4-11/h5-6,11-13,17H,2-4,7-10H2,1H3,(H,20,21). The molecule has 8 nitrogen and oxygen atoms in total. The Balaban J connectivity index is 1.56. The number of carboxylic acid groups (broad SMARTS) is 1. The van der Waals surface area contributed by atoms with E-state index in [9.17, 15) is 13.2 Å². The van der Waals surface area contributed by atoms with Crippen LogP contribution in [0, 0.1) is 5.92 Å². The summed E-state index contributed by atoms with van der Waals surface area (Å²) >= 11 is 0. The average molecular weight is 356 g/mol. The Labute approximate surface area is 141 Å². The summed E-state index contributed by atoms with van der Waals surface area (Å²) in [4.78, 5) is 13.0. The first kappa shape index (κ1) is 17.4. The largest absolute Gasteiger partial charge is 0.480 e. The van der Waals surface area contributed by atoms with Gasteiger partial charge in [-0.1, -0.05) is 0 Å². The molecule has 2 aliphatic rings. The van der Waals surface area contributed by atoms with Crippen LogP contribution in [0.5, 0.6) is 0 Å². The molecule has 2 aliphatic carbocycles. The number of hydrogen-bond acceptors (Lipinski definition) is 5. The first-order valence-corrected chi connectivity index (χ1v) is 9.87. The molecule has 0 amide bonds. The summed E-state index contributed by atoms with van der Waals surface area (Å²) in [7, 11) is -3.59. The van der Waals surface area contributed by atoms with Gasteiger partial charge in [0.05, 0.1) is 12.7 Å². The van der Waals surface area contributed by atoms with Gasteiger partial charge in [-0.3, -0.25) is 14.4 Å². The summed E-state index contributed by atoms with van der Waals surface area (Å²) in [5.74, 6) is -0.217. The minimum absolute atomic E-state index is 0.0310. The quantitative estimate of drug-likeness (QED) is 0.668. The lowest BCUT2D eigenvalue weighted by Gasteiger charge is -2.42. The van der Waals surface area contributed by atoms with Crippen molar-refractivity contribution in [1.29, 1.82) is 0 Å². The molecule has 0 saturated heterocycles. The van der Waals surface area contributed by atoms with Crippen molar-refractivity contribution in [3.05, 3.63) is 12.3 Å². The van der Waals surface area contributed by atoms with Crippen molar-refractivity contribution in [3.63, 3.8) is 0 Å². The number of nitrogens with one attached hydrogen (secondary N) is 1. The number of hydrogen-bond donors (Lipinski definition) is 2. The second-order valence-electron chi connectivity index (χ2n) is 6.70. The highest BCUT2D eigenvalue weighted by atomic mass is 32.2. The van der Waals surface area contributed by atoms with Crippen molar-refractivity contribution in [2.75, 3.05) is 13.1 Å². The first-order valence-electron chi connectivity index (χ1n) is 8.39. The fraction of sp³-hybridized carbons (Fsp3) is 0.733. The van der Waals surface area contributed by atoms with E-state index >= 15 is 0 Å². The van der Waals surface area contributed by atoms with Gasteiger partial charge in [-0.15, -0.1) is 0 Å².